The summed E-state index contributed by atoms with van der Waals surface area (Å²) in [6.07, 6.45) is 7.66. The Kier molecular flexibility index (Phi) is 5.56. The predicted molar refractivity (Wildman–Crippen MR) is 96.9 cm³/mol. The Bertz CT molecular complexity index is 869. The number of nitrogens with one attached hydrogen (secondary N) is 3. The van der Waals surface area contributed by atoms with Gasteiger partial charge in [0.05, 0.1) is 11.0 Å². The molecule has 6 nitrogen and oxygen atoms in total. The van der Waals surface area contributed by atoms with Crippen LogP contribution >= 0.6 is 0 Å². The van der Waals surface area contributed by atoms with Crippen molar-refractivity contribution in [1.82, 2.24) is 20.8 Å². The number of carbonyl (C=O) groups is 1. The number of nitrogens with zero attached hydrogens (tertiary/aromatic N) is 1. The molecule has 1 aromatic carbocycles. The second-order valence-electron chi connectivity index (χ2n) is 5.73. The highest BCUT2D eigenvalue weighted by atomic mass is 16.5. The van der Waals surface area contributed by atoms with E-state index in [1.165, 1.54) is 17.2 Å². The van der Waals surface area contributed by atoms with E-state index in [1.807, 2.05) is 42.7 Å². The van der Waals surface area contributed by atoms with Crippen molar-refractivity contribution in [3.05, 3.63) is 71.6 Å². The molecule has 2 aromatic heterocycles. The molecule has 0 saturated heterocycles. The number of rotatable bonds is 7. The van der Waals surface area contributed by atoms with Crippen LogP contribution in [0, 0.1) is 0 Å². The highest BCUT2D eigenvalue weighted by molar-refractivity contribution is 5.90. The van der Waals surface area contributed by atoms with Gasteiger partial charge in [-0.15, -0.1) is 0 Å². The van der Waals surface area contributed by atoms with Gasteiger partial charge in [-0.25, -0.2) is 5.48 Å². The molecule has 3 aromatic rings. The first-order valence-electron chi connectivity index (χ1n) is 8.08. The number of aromatic amines is 1. The topological polar surface area (TPSA) is 90.0 Å². The average Bonchev–Trinajstić information content (AvgIpc) is 3.12. The zero-order valence-electron chi connectivity index (χ0n) is 13.7. The number of aromatic nitrogens is 2. The van der Waals surface area contributed by atoms with Gasteiger partial charge in [0.2, 0.25) is 0 Å². The van der Waals surface area contributed by atoms with Crippen LogP contribution in [0.5, 0.6) is 0 Å². The van der Waals surface area contributed by atoms with Crippen LogP contribution < -0.4 is 10.8 Å². The maximum atomic E-state index is 10.9. The first kappa shape index (κ1) is 16.9. The Morgan fingerprint density at radius 3 is 2.84 bits per heavy atom. The third-order valence-corrected chi connectivity index (χ3v) is 3.89. The second-order valence-corrected chi connectivity index (χ2v) is 5.73. The lowest BCUT2D eigenvalue weighted by Gasteiger charge is -2.06. The van der Waals surface area contributed by atoms with Crippen molar-refractivity contribution in [3.8, 4) is 0 Å². The third-order valence-electron chi connectivity index (χ3n) is 3.89. The van der Waals surface area contributed by atoms with E-state index in [0.717, 1.165) is 36.1 Å². The van der Waals surface area contributed by atoms with Crippen LogP contribution in [-0.4, -0.2) is 27.6 Å². The summed E-state index contributed by atoms with van der Waals surface area (Å²) in [6, 6.07) is 12.0. The number of benzene rings is 1. The lowest BCUT2D eigenvalue weighted by atomic mass is 10.1. The van der Waals surface area contributed by atoms with Crippen LogP contribution in [0.4, 0.5) is 0 Å². The van der Waals surface area contributed by atoms with Gasteiger partial charge in [0, 0.05) is 25.0 Å². The highest BCUT2D eigenvalue weighted by Crippen LogP contribution is 2.11. The minimum atomic E-state index is -0.544. The van der Waals surface area contributed by atoms with Crippen LogP contribution in [0.25, 0.3) is 17.1 Å². The molecule has 0 atom stereocenters. The van der Waals surface area contributed by atoms with Gasteiger partial charge < -0.3 is 10.3 Å². The van der Waals surface area contributed by atoms with Crippen molar-refractivity contribution < 1.29 is 10.0 Å². The molecule has 0 unspecified atom stereocenters. The van der Waals surface area contributed by atoms with Gasteiger partial charge in [-0.2, -0.15) is 0 Å². The molecule has 128 valence electrons. The second kappa shape index (κ2) is 8.23. The van der Waals surface area contributed by atoms with Crippen molar-refractivity contribution in [2.24, 2.45) is 0 Å². The monoisotopic (exact) mass is 336 g/mol. The zero-order chi connectivity index (χ0) is 17.5. The average molecular weight is 336 g/mol. The Balaban J connectivity index is 1.45. The molecule has 6 heteroatoms. The number of pyridine rings is 1. The number of hydrogen-bond acceptors (Lipinski definition) is 4. The standard InChI is InChI=1S/C19H20N4O2/c24-19(23-25)6-5-14-1-3-15(4-2-14)12-20-9-7-16-11-18-17(22-13-16)8-10-21-18/h1-6,8,10-11,13,20-21,25H,7,9,12H2,(H,23,24)/b6-5+. The molecule has 0 spiro atoms. The first-order chi connectivity index (χ1) is 12.2. The van der Waals surface area contributed by atoms with Crippen molar-refractivity contribution >= 4 is 23.0 Å². The van der Waals surface area contributed by atoms with Crippen LogP contribution in [-0.2, 0) is 17.8 Å². The van der Waals surface area contributed by atoms with E-state index in [2.05, 4.69) is 21.4 Å². The fourth-order valence-electron chi connectivity index (χ4n) is 2.54. The summed E-state index contributed by atoms with van der Waals surface area (Å²) in [4.78, 5) is 18.5. The maximum Gasteiger partial charge on any atom is 0.267 e. The van der Waals surface area contributed by atoms with Crippen molar-refractivity contribution in [3.63, 3.8) is 0 Å². The molecule has 0 aliphatic heterocycles. The van der Waals surface area contributed by atoms with E-state index < -0.39 is 5.91 Å². The molecule has 1 amide bonds. The van der Waals surface area contributed by atoms with E-state index >= 15 is 0 Å². The number of H-pyrrole nitrogens is 1. The molecule has 0 bridgehead atoms. The van der Waals surface area contributed by atoms with Crippen LogP contribution in [0.2, 0.25) is 0 Å². The van der Waals surface area contributed by atoms with Gasteiger partial charge >= 0.3 is 0 Å². The maximum absolute atomic E-state index is 10.9. The van der Waals surface area contributed by atoms with Gasteiger partial charge in [-0.1, -0.05) is 24.3 Å². The number of fused-ring (bicyclic) bond motifs is 1. The number of hydrogen-bond donors (Lipinski definition) is 4. The highest BCUT2D eigenvalue weighted by Gasteiger charge is 1.99. The Morgan fingerprint density at radius 2 is 2.04 bits per heavy atom. The number of carbonyl (C=O) groups excluding carboxylic acids is 1. The van der Waals surface area contributed by atoms with Gasteiger partial charge in [0.25, 0.3) is 5.91 Å². The van der Waals surface area contributed by atoms with E-state index in [9.17, 15) is 4.79 Å². The summed E-state index contributed by atoms with van der Waals surface area (Å²) in [5.41, 5.74) is 6.88. The molecule has 4 N–H and O–H groups in total. The molecular weight excluding hydrogens is 316 g/mol. The Labute approximate surface area is 145 Å². The zero-order valence-corrected chi connectivity index (χ0v) is 13.7. The smallest absolute Gasteiger partial charge is 0.267 e. The van der Waals surface area contributed by atoms with E-state index in [0.29, 0.717) is 0 Å². The third kappa shape index (κ3) is 4.76. The largest absolute Gasteiger partial charge is 0.360 e. The predicted octanol–water partition coefficient (Wildman–Crippen LogP) is 2.41. The van der Waals surface area contributed by atoms with E-state index in [1.54, 1.807) is 11.6 Å². The van der Waals surface area contributed by atoms with Gasteiger partial charge in [0.15, 0.2) is 0 Å². The number of amides is 1. The van der Waals surface area contributed by atoms with Crippen LogP contribution in [0.3, 0.4) is 0 Å². The normalized spacial score (nSPS) is 11.2. The van der Waals surface area contributed by atoms with E-state index in [-0.39, 0.29) is 0 Å². The molecule has 0 saturated carbocycles. The molecule has 2 heterocycles. The Hall–Kier alpha value is -2.96. The fraction of sp³-hybridized carbons (Fsp3) is 0.158. The fourth-order valence-corrected chi connectivity index (χ4v) is 2.54. The lowest BCUT2D eigenvalue weighted by Crippen LogP contribution is -2.16. The van der Waals surface area contributed by atoms with Gasteiger partial charge in [-0.05, 0) is 47.9 Å². The minimum Gasteiger partial charge on any atom is -0.360 e. The summed E-state index contributed by atoms with van der Waals surface area (Å²) in [5.74, 6) is -0.544. The summed E-state index contributed by atoms with van der Waals surface area (Å²) < 4.78 is 0. The minimum absolute atomic E-state index is 0.544. The molecule has 0 aliphatic rings. The molecule has 0 aliphatic carbocycles. The molecule has 0 fully saturated rings. The van der Waals surface area contributed by atoms with Crippen molar-refractivity contribution in [2.45, 2.75) is 13.0 Å². The first-order valence-corrected chi connectivity index (χ1v) is 8.08. The number of hydroxylamine groups is 1. The summed E-state index contributed by atoms with van der Waals surface area (Å²) in [7, 11) is 0. The summed E-state index contributed by atoms with van der Waals surface area (Å²) >= 11 is 0. The van der Waals surface area contributed by atoms with Crippen LogP contribution in [0.15, 0.2) is 54.9 Å². The summed E-state index contributed by atoms with van der Waals surface area (Å²) in [6.45, 7) is 1.64. The molecule has 25 heavy (non-hydrogen) atoms. The Morgan fingerprint density at radius 1 is 1.20 bits per heavy atom. The molecule has 0 radical (unpaired) electrons. The quantitative estimate of drug-likeness (QED) is 0.231. The van der Waals surface area contributed by atoms with Crippen molar-refractivity contribution in [2.75, 3.05) is 6.54 Å². The molecular formula is C19H20N4O2. The van der Waals surface area contributed by atoms with E-state index in [4.69, 9.17) is 5.21 Å². The van der Waals surface area contributed by atoms with Crippen LogP contribution in [0.1, 0.15) is 16.7 Å². The lowest BCUT2D eigenvalue weighted by molar-refractivity contribution is -0.124. The van der Waals surface area contributed by atoms with Gasteiger partial charge in [-0.3, -0.25) is 15.0 Å². The summed E-state index contributed by atoms with van der Waals surface area (Å²) in [5, 5.41) is 11.9. The van der Waals surface area contributed by atoms with Gasteiger partial charge in [0.1, 0.15) is 0 Å². The molecule has 3 rings (SSSR count). The van der Waals surface area contributed by atoms with Crippen molar-refractivity contribution in [1.29, 1.82) is 0 Å². The SMILES string of the molecule is O=C(/C=C/c1ccc(CNCCc2cnc3cc[nH]c3c2)cc1)NO.